The molecule has 2 N–H and O–H groups in total. The molecule has 4 rings (SSSR count). The van der Waals surface area contributed by atoms with Crippen LogP contribution < -0.4 is 15.5 Å². The van der Waals surface area contributed by atoms with Crippen LogP contribution in [-0.4, -0.2) is 58.3 Å². The van der Waals surface area contributed by atoms with Crippen LogP contribution in [0.15, 0.2) is 12.1 Å². The van der Waals surface area contributed by atoms with Crippen molar-refractivity contribution in [1.29, 1.82) is 0 Å². The zero-order valence-corrected chi connectivity index (χ0v) is 16.1. The van der Waals surface area contributed by atoms with E-state index in [1.165, 1.54) is 4.90 Å². The molecule has 3 aliphatic rings. The zero-order valence-electron chi connectivity index (χ0n) is 15.3. The van der Waals surface area contributed by atoms with E-state index in [1.807, 2.05) is 0 Å². The minimum Gasteiger partial charge on any atom is -0.443 e. The maximum atomic E-state index is 14.7. The van der Waals surface area contributed by atoms with Gasteiger partial charge in [0.05, 0.1) is 23.7 Å². The molecule has 0 radical (unpaired) electrons. The molecule has 10 heteroatoms. The van der Waals surface area contributed by atoms with E-state index in [0.29, 0.717) is 25.9 Å². The first-order chi connectivity index (χ1) is 13.3. The highest BCUT2D eigenvalue weighted by atomic mass is 32.2. The summed E-state index contributed by atoms with van der Waals surface area (Å²) in [7, 11) is -2.87. The Bertz CT molecular complexity index is 852. The van der Waals surface area contributed by atoms with Crippen LogP contribution in [0.2, 0.25) is 0 Å². The summed E-state index contributed by atoms with van der Waals surface area (Å²) < 4.78 is 57.2. The monoisotopic (exact) mass is 415 g/mol. The van der Waals surface area contributed by atoms with Crippen LogP contribution in [0, 0.1) is 23.5 Å². The topological polar surface area (TPSA) is 92.9 Å². The van der Waals surface area contributed by atoms with Gasteiger partial charge in [0.15, 0.2) is 21.5 Å². The summed E-state index contributed by atoms with van der Waals surface area (Å²) in [5, 5.41) is 0. The third-order valence-electron chi connectivity index (χ3n) is 5.91. The molecular weight excluding hydrogens is 392 g/mol. The number of halogens is 2. The Balaban J connectivity index is 1.45. The molecule has 3 aliphatic heterocycles. The first-order valence-electron chi connectivity index (χ1n) is 9.40. The number of nitrogens with two attached hydrogens (primary N) is 1. The zero-order chi connectivity index (χ0) is 20.1. The number of ether oxygens (including phenoxy) is 1. The first-order valence-corrected chi connectivity index (χ1v) is 11.2. The second kappa shape index (κ2) is 7.14. The van der Waals surface area contributed by atoms with Gasteiger partial charge in [0, 0.05) is 31.8 Å². The summed E-state index contributed by atoms with van der Waals surface area (Å²) in [5.41, 5.74) is 5.49. The molecule has 0 saturated carbocycles. The van der Waals surface area contributed by atoms with E-state index < -0.39 is 33.7 Å². The van der Waals surface area contributed by atoms with Gasteiger partial charge >= 0.3 is 6.09 Å². The Kier molecular flexibility index (Phi) is 4.95. The summed E-state index contributed by atoms with van der Waals surface area (Å²) in [6.07, 6.45) is 0.250. The number of anilines is 2. The third-order valence-corrected chi connectivity index (χ3v) is 7.78. The highest BCUT2D eigenvalue weighted by Crippen LogP contribution is 2.37. The summed E-state index contributed by atoms with van der Waals surface area (Å²) in [5.74, 6) is -0.568. The molecular formula is C18H23F2N3O4S. The van der Waals surface area contributed by atoms with Gasteiger partial charge in [-0.15, -0.1) is 0 Å². The van der Waals surface area contributed by atoms with Crippen molar-refractivity contribution in [3.8, 4) is 0 Å². The number of rotatable bonds is 4. The SMILES string of the molecule is NC[C@H]1CN(c2cc(F)c(N3CCC(C4CS(=O)(=O)C4)CC3)c(F)c2)C(=O)O1. The molecule has 1 amide bonds. The van der Waals surface area contributed by atoms with Crippen molar-refractivity contribution < 1.29 is 26.7 Å². The maximum Gasteiger partial charge on any atom is 0.414 e. The molecule has 7 nitrogen and oxygen atoms in total. The molecule has 28 heavy (non-hydrogen) atoms. The fourth-order valence-corrected chi connectivity index (χ4v) is 6.09. The van der Waals surface area contributed by atoms with Gasteiger partial charge in [-0.3, -0.25) is 4.90 Å². The third kappa shape index (κ3) is 3.55. The van der Waals surface area contributed by atoms with E-state index in [0.717, 1.165) is 12.1 Å². The lowest BCUT2D eigenvalue weighted by atomic mass is 9.86. The molecule has 0 aliphatic carbocycles. The van der Waals surface area contributed by atoms with E-state index >= 15 is 0 Å². The lowest BCUT2D eigenvalue weighted by molar-refractivity contribution is 0.145. The minimum atomic E-state index is -2.87. The standard InChI is InChI=1S/C18H23F2N3O4S/c19-15-5-13(23-8-14(7-21)27-18(23)24)6-16(20)17(15)22-3-1-11(2-4-22)12-9-28(25,26)10-12/h5-6,11-12,14H,1-4,7-10,21H2/t14-/m0/s1. The molecule has 3 fully saturated rings. The molecule has 0 aromatic heterocycles. The van der Waals surface area contributed by atoms with Gasteiger partial charge in [0.1, 0.15) is 11.8 Å². The Morgan fingerprint density at radius 1 is 1.11 bits per heavy atom. The van der Waals surface area contributed by atoms with Crippen molar-refractivity contribution in [3.63, 3.8) is 0 Å². The van der Waals surface area contributed by atoms with Crippen molar-refractivity contribution in [1.82, 2.24) is 0 Å². The molecule has 1 aromatic carbocycles. The van der Waals surface area contributed by atoms with Gasteiger partial charge < -0.3 is 15.4 Å². The van der Waals surface area contributed by atoms with Crippen molar-refractivity contribution >= 4 is 27.3 Å². The van der Waals surface area contributed by atoms with Crippen molar-refractivity contribution in [3.05, 3.63) is 23.8 Å². The Labute approximate surface area is 162 Å². The van der Waals surface area contributed by atoms with E-state index in [4.69, 9.17) is 10.5 Å². The summed E-state index contributed by atoms with van der Waals surface area (Å²) in [6.45, 7) is 1.23. The van der Waals surface area contributed by atoms with Gasteiger partial charge in [-0.25, -0.2) is 22.0 Å². The number of nitrogens with zero attached hydrogens (tertiary/aromatic N) is 2. The van der Waals surface area contributed by atoms with E-state index in [1.54, 1.807) is 4.90 Å². The molecule has 0 spiro atoms. The quantitative estimate of drug-likeness (QED) is 0.801. The van der Waals surface area contributed by atoms with Crippen molar-refractivity contribution in [2.75, 3.05) is 47.5 Å². The largest absolute Gasteiger partial charge is 0.443 e. The van der Waals surface area contributed by atoms with Gasteiger partial charge in [-0.2, -0.15) is 0 Å². The number of sulfone groups is 1. The summed E-state index contributed by atoms with van der Waals surface area (Å²) in [4.78, 5) is 14.7. The predicted molar refractivity (Wildman–Crippen MR) is 100 cm³/mol. The predicted octanol–water partition coefficient (Wildman–Crippen LogP) is 1.51. The number of piperidine rings is 1. The Morgan fingerprint density at radius 2 is 1.71 bits per heavy atom. The van der Waals surface area contributed by atoms with Crippen LogP contribution >= 0.6 is 0 Å². The second-order valence-corrected chi connectivity index (χ2v) is 9.93. The van der Waals surface area contributed by atoms with Crippen LogP contribution in [0.25, 0.3) is 0 Å². The fraction of sp³-hybridized carbons (Fsp3) is 0.611. The molecule has 1 atom stereocenters. The van der Waals surface area contributed by atoms with Gasteiger partial charge in [0.25, 0.3) is 0 Å². The molecule has 1 aromatic rings. The Hall–Kier alpha value is -1.94. The van der Waals surface area contributed by atoms with Gasteiger partial charge in [-0.05, 0) is 24.7 Å². The average Bonchev–Trinajstić information content (AvgIpc) is 3.00. The maximum absolute atomic E-state index is 14.7. The van der Waals surface area contributed by atoms with Crippen LogP contribution in [0.5, 0.6) is 0 Å². The fourth-order valence-electron chi connectivity index (χ4n) is 4.34. The smallest absolute Gasteiger partial charge is 0.414 e. The highest BCUT2D eigenvalue weighted by Gasteiger charge is 2.40. The number of benzene rings is 1. The number of amides is 1. The van der Waals surface area contributed by atoms with Crippen LogP contribution in [0.1, 0.15) is 12.8 Å². The van der Waals surface area contributed by atoms with Crippen LogP contribution in [0.3, 0.4) is 0 Å². The lowest BCUT2D eigenvalue weighted by Gasteiger charge is -2.40. The van der Waals surface area contributed by atoms with Crippen LogP contribution in [-0.2, 0) is 14.6 Å². The number of carbonyl (C=O) groups excluding carboxylic acids is 1. The van der Waals surface area contributed by atoms with Crippen molar-refractivity contribution in [2.45, 2.75) is 18.9 Å². The minimum absolute atomic E-state index is 0.105. The van der Waals surface area contributed by atoms with Gasteiger partial charge in [-0.1, -0.05) is 0 Å². The highest BCUT2D eigenvalue weighted by molar-refractivity contribution is 7.92. The number of cyclic esters (lactones) is 1. The first kappa shape index (κ1) is 19.4. The average molecular weight is 415 g/mol. The molecule has 0 bridgehead atoms. The van der Waals surface area contributed by atoms with E-state index in [2.05, 4.69) is 0 Å². The van der Waals surface area contributed by atoms with Crippen LogP contribution in [0.4, 0.5) is 25.0 Å². The van der Waals surface area contributed by atoms with E-state index in [-0.39, 0.29) is 47.8 Å². The molecule has 3 heterocycles. The summed E-state index contributed by atoms with van der Waals surface area (Å²) in [6, 6.07) is 2.28. The summed E-state index contributed by atoms with van der Waals surface area (Å²) >= 11 is 0. The molecule has 3 saturated heterocycles. The van der Waals surface area contributed by atoms with Crippen molar-refractivity contribution in [2.24, 2.45) is 17.6 Å². The molecule has 0 unspecified atom stereocenters. The van der Waals surface area contributed by atoms with E-state index in [9.17, 15) is 22.0 Å². The normalized spacial score (nSPS) is 25.7. The Morgan fingerprint density at radius 3 is 2.21 bits per heavy atom. The lowest BCUT2D eigenvalue weighted by Crippen LogP contribution is -2.46. The number of hydrogen-bond donors (Lipinski definition) is 1. The molecule has 154 valence electrons. The second-order valence-electron chi connectivity index (χ2n) is 7.77. The number of carbonyl (C=O) groups is 1. The van der Waals surface area contributed by atoms with Gasteiger partial charge in [0.2, 0.25) is 0 Å². The number of hydrogen-bond acceptors (Lipinski definition) is 6.